The zero-order valence-electron chi connectivity index (χ0n) is 91.9. The van der Waals surface area contributed by atoms with Crippen LogP contribution in [0.4, 0.5) is 0 Å². The normalized spacial score (nSPS) is 28.9. The topological polar surface area (TPSA) is 408 Å². The lowest BCUT2D eigenvalue weighted by Crippen LogP contribution is -2.69. The molecule has 842 valence electrons. The summed E-state index contributed by atoms with van der Waals surface area (Å²) < 4.78 is 145. The van der Waals surface area contributed by atoms with Gasteiger partial charge in [-0.05, 0) is 66.2 Å². The van der Waals surface area contributed by atoms with Crippen molar-refractivity contribution in [3.63, 3.8) is 0 Å². The highest BCUT2D eigenvalue weighted by Crippen LogP contribution is 2.43. The summed E-state index contributed by atoms with van der Waals surface area (Å²) >= 11 is 0. The molecule has 6 rings (SSSR count). The lowest BCUT2D eigenvalue weighted by Gasteiger charge is -2.52. The molecular formula is C112H190O34. The first-order valence-corrected chi connectivity index (χ1v) is 56.9. The number of rotatable bonds is 66. The van der Waals surface area contributed by atoms with Gasteiger partial charge < -0.3 is 104 Å². The third kappa shape index (κ3) is 49.8. The van der Waals surface area contributed by atoms with E-state index in [0.29, 0.717) is 44.9 Å². The van der Waals surface area contributed by atoms with Crippen LogP contribution in [-0.4, -0.2) is 238 Å². The Bertz CT molecular complexity index is 3680. The smallest absolute Gasteiger partial charge is 0.306 e. The number of ether oxygens (including phenoxy) is 22. The van der Waals surface area contributed by atoms with Gasteiger partial charge >= 0.3 is 71.6 Å². The zero-order valence-corrected chi connectivity index (χ0v) is 91.9. The Morgan fingerprint density at radius 3 is 0.993 bits per heavy atom. The van der Waals surface area contributed by atoms with Crippen LogP contribution in [0.2, 0.25) is 0 Å². The van der Waals surface area contributed by atoms with Crippen LogP contribution >= 0.6 is 0 Å². The molecule has 0 aromatic heterocycles. The van der Waals surface area contributed by atoms with Crippen molar-refractivity contribution in [2.45, 2.75) is 636 Å². The minimum Gasteiger partial charge on any atom is -0.463 e. The highest BCUT2D eigenvalue weighted by Gasteiger charge is 2.63. The van der Waals surface area contributed by atoms with E-state index in [-0.39, 0.29) is 32.1 Å². The summed E-state index contributed by atoms with van der Waals surface area (Å²) in [5, 5.41) is 0. The lowest BCUT2D eigenvalue weighted by atomic mass is 9.94. The summed E-state index contributed by atoms with van der Waals surface area (Å²) in [6.07, 6.45) is 8.58. The number of unbranched alkanes of at least 4 members (excludes halogenated alkanes) is 40. The molecule has 6 aliphatic rings. The summed E-state index contributed by atoms with van der Waals surface area (Å²) in [5.41, 5.74) is 0. The number of carbonyl (C=O) groups excluding carboxylic acids is 12. The molecule has 6 aliphatic heterocycles. The molecule has 0 aliphatic carbocycles. The van der Waals surface area contributed by atoms with Gasteiger partial charge in [-0.1, -0.05) is 329 Å². The first kappa shape index (κ1) is 128. The fourth-order valence-corrected chi connectivity index (χ4v) is 20.5. The van der Waals surface area contributed by atoms with Crippen LogP contribution in [-0.2, 0) is 162 Å². The van der Waals surface area contributed by atoms with Crippen molar-refractivity contribution in [1.29, 1.82) is 0 Å². The quantitative estimate of drug-likeness (QED) is 0.0310. The molecule has 146 heavy (non-hydrogen) atoms. The molecule has 6 fully saturated rings. The standard InChI is InChI=1S/C112H190O34/c1-17-21-25-28-31-34-37-40-41-44-45-48-53-58-64-70-89(121)125-74-88-97(131-80(10)114)102(134-83(13)117)105(137-86(16)120)112(139-88)145-101-96(144-109-103(135-84(14)118)99(133-82(12)116)94(76(6)127-109)140-90(122)71-65-59-54-49-46-42-38-35-32-29-26-22-18-2)78(8)129-111(106(101)142-92(124)73-67-60-55-50-47-43-39-36-33-30-27-23-19-3)143-95-77(7)128-110-104(136-85(15)119)100(95)141-91(123)72-66-61-56-51-52-57-63-69-87(68-62-24-20-4)138-108-107(146-110)98(132-81(11)115)93(75(5)126-108)130-79(9)113/h75-78,87-88,93-112H,17-74H2,1-16H3/t75-,76+,77+,78-,87+,88-,93+,94+,95+,96+,97-,98+,99-,100-,101-,102+,103-,104-,105-,106-,107-,108+,109+,110+,111+,112+/m1/s1. The van der Waals surface area contributed by atoms with Crippen molar-refractivity contribution in [1.82, 2.24) is 0 Å². The van der Waals surface area contributed by atoms with E-state index < -0.39 is 238 Å². The molecule has 6 saturated heterocycles. The maximum Gasteiger partial charge on any atom is 0.306 e. The Kier molecular flexibility index (Phi) is 65.1. The van der Waals surface area contributed by atoms with E-state index in [9.17, 15) is 47.9 Å². The average Bonchev–Trinajstić information content (AvgIpc) is 1.01. The lowest BCUT2D eigenvalue weighted by molar-refractivity contribution is -0.400. The van der Waals surface area contributed by atoms with E-state index in [1.807, 2.05) is 0 Å². The second kappa shape index (κ2) is 74.3. The van der Waals surface area contributed by atoms with Crippen LogP contribution < -0.4 is 0 Å². The van der Waals surface area contributed by atoms with Gasteiger partial charge in [0, 0.05) is 81.1 Å². The highest BCUT2D eigenvalue weighted by molar-refractivity contribution is 5.73. The fraction of sp³-hybridized carbons (Fsp3) is 0.893. The molecule has 2 bridgehead atoms. The van der Waals surface area contributed by atoms with Gasteiger partial charge in [0.05, 0.1) is 30.5 Å². The van der Waals surface area contributed by atoms with Crippen LogP contribution in [0.5, 0.6) is 0 Å². The maximum atomic E-state index is 15.6. The Hall–Kier alpha value is -6.76. The molecule has 0 unspecified atom stereocenters. The van der Waals surface area contributed by atoms with Crippen LogP contribution in [0.1, 0.15) is 477 Å². The number of hydrogen-bond acceptors (Lipinski definition) is 34. The van der Waals surface area contributed by atoms with E-state index in [1.54, 1.807) is 6.92 Å². The molecule has 0 aromatic rings. The van der Waals surface area contributed by atoms with Gasteiger partial charge in [0.25, 0.3) is 0 Å². The molecule has 6 heterocycles. The Balaban J connectivity index is 1.53. The van der Waals surface area contributed by atoms with Crippen LogP contribution in [0.25, 0.3) is 0 Å². The summed E-state index contributed by atoms with van der Waals surface area (Å²) in [4.78, 5) is 169. The molecule has 34 heteroatoms. The van der Waals surface area contributed by atoms with Crippen molar-refractivity contribution >= 4 is 71.6 Å². The summed E-state index contributed by atoms with van der Waals surface area (Å²) in [6, 6.07) is 0. The number of fused-ring (bicyclic) bond motifs is 3. The Labute approximate surface area is 872 Å². The predicted octanol–water partition coefficient (Wildman–Crippen LogP) is 21.7. The second-order valence-corrected chi connectivity index (χ2v) is 41.4. The van der Waals surface area contributed by atoms with Gasteiger partial charge in [-0.25, -0.2) is 0 Å². The second-order valence-electron chi connectivity index (χ2n) is 41.4. The van der Waals surface area contributed by atoms with Gasteiger partial charge in [0.1, 0.15) is 31.0 Å². The summed E-state index contributed by atoms with van der Waals surface area (Å²) in [5.74, 6) is -10.3. The van der Waals surface area contributed by atoms with Gasteiger partial charge in [-0.3, -0.25) is 57.5 Å². The van der Waals surface area contributed by atoms with E-state index in [4.69, 9.17) is 104 Å². The minimum absolute atomic E-state index is 0.0269. The third-order valence-electron chi connectivity index (χ3n) is 28.1. The molecule has 34 nitrogen and oxygen atoms in total. The van der Waals surface area contributed by atoms with Crippen LogP contribution in [0.15, 0.2) is 0 Å². The summed E-state index contributed by atoms with van der Waals surface area (Å²) in [7, 11) is 0. The largest absolute Gasteiger partial charge is 0.463 e. The Morgan fingerprint density at radius 1 is 0.253 bits per heavy atom. The van der Waals surface area contributed by atoms with Gasteiger partial charge in [-0.2, -0.15) is 0 Å². The molecule has 0 aromatic carbocycles. The van der Waals surface area contributed by atoms with Crippen molar-refractivity contribution < 1.29 is 162 Å². The number of carbonyl (C=O) groups is 12. The highest BCUT2D eigenvalue weighted by atomic mass is 16.8. The first-order chi connectivity index (χ1) is 70.3. The van der Waals surface area contributed by atoms with Crippen LogP contribution in [0, 0.1) is 0 Å². The van der Waals surface area contributed by atoms with E-state index in [0.717, 1.165) is 196 Å². The number of esters is 12. The van der Waals surface area contributed by atoms with E-state index >= 15 is 9.59 Å². The molecular weight excluding hydrogens is 1890 g/mol. The molecule has 0 radical (unpaired) electrons. The average molecular weight is 2080 g/mol. The fourth-order valence-electron chi connectivity index (χ4n) is 20.5. The molecule has 0 N–H and O–H groups in total. The minimum atomic E-state index is -2.13. The summed E-state index contributed by atoms with van der Waals surface area (Å²) in [6.45, 7) is 23.0. The number of hydrogen-bond donors (Lipinski definition) is 0. The van der Waals surface area contributed by atoms with Crippen molar-refractivity contribution in [3.8, 4) is 0 Å². The van der Waals surface area contributed by atoms with Gasteiger partial charge in [-0.15, -0.1) is 0 Å². The molecule has 26 atom stereocenters. The third-order valence-corrected chi connectivity index (χ3v) is 28.1. The van der Waals surface area contributed by atoms with Crippen molar-refractivity contribution in [2.24, 2.45) is 0 Å². The first-order valence-electron chi connectivity index (χ1n) is 56.9. The Morgan fingerprint density at radius 2 is 0.555 bits per heavy atom. The van der Waals surface area contributed by atoms with Crippen LogP contribution in [0.3, 0.4) is 0 Å². The van der Waals surface area contributed by atoms with Crippen molar-refractivity contribution in [2.75, 3.05) is 6.61 Å². The molecule has 0 saturated carbocycles. The van der Waals surface area contributed by atoms with E-state index in [2.05, 4.69) is 27.7 Å². The van der Waals surface area contributed by atoms with Gasteiger partial charge in [0.15, 0.2) is 105 Å². The SMILES string of the molecule is CCCCCCCCCCCCCCCCCC(=O)OC[C@H]1O[C@@H](O[C@@H]2[C@@H](O[C@@H]3O[C@@H](C)[C@H](OC(=O)CCCCCCCCCCCCCCC)[C@@H](OC(C)=O)[C@H]3OC(C)=O)[C@@H](C)O[C@@H](O[C@@H]3[C@H]4OC(=O)CCCCCCCCC[C@H](CCCCC)O[C@@H]5O[C@H](C)[C@H](OC(C)=O)[C@H](OC(C)=O)[C@H]5O[C@H](O[C@H]3C)[C@@H]4OC(C)=O)[C@@H]2OC(=O)CCCCCCCCCCCCCCC)[C@H](OC(C)=O)[C@@H](OC(C)=O)[C@@H]1OC(C)=O. The van der Waals surface area contributed by atoms with E-state index in [1.165, 1.54) is 169 Å². The zero-order chi connectivity index (χ0) is 107. The predicted molar refractivity (Wildman–Crippen MR) is 541 cm³/mol. The molecule has 0 spiro atoms. The van der Waals surface area contributed by atoms with Gasteiger partial charge in [0.2, 0.25) is 0 Å². The monoisotopic (exact) mass is 2080 g/mol. The maximum absolute atomic E-state index is 15.6. The van der Waals surface area contributed by atoms with Crippen molar-refractivity contribution in [3.05, 3.63) is 0 Å². The molecule has 0 amide bonds.